The predicted molar refractivity (Wildman–Crippen MR) is 131 cm³/mol. The molecular formula is C27H37N4O. The molecule has 1 radical (unpaired) electrons. The standard InChI is InChI=1S/C27H37N4O/c1-2-9-28-10-4-11-29-25-8-7-22-23(30-25)5-3-6-24(22)31-26(32)18-27-15-19-12-20(16-27)14-21(13-19)17-27/h3,5-9,19-21,28H,2,4,10-18H2,1H3,(H,29,30)(H,31,32). The number of rotatable bonds is 10. The molecule has 1 amide bonds. The van der Waals surface area contributed by atoms with Crippen molar-refractivity contribution in [2.24, 2.45) is 23.2 Å². The van der Waals surface area contributed by atoms with Gasteiger partial charge in [0, 0.05) is 24.9 Å². The number of benzene rings is 1. The van der Waals surface area contributed by atoms with Crippen molar-refractivity contribution in [3.63, 3.8) is 0 Å². The Labute approximate surface area is 192 Å². The van der Waals surface area contributed by atoms with E-state index in [0.29, 0.717) is 6.42 Å². The molecule has 4 bridgehead atoms. The lowest BCUT2D eigenvalue weighted by Gasteiger charge is -2.56. The van der Waals surface area contributed by atoms with E-state index in [1.54, 1.807) is 0 Å². The molecule has 4 aliphatic rings. The van der Waals surface area contributed by atoms with Crippen LogP contribution in [0.25, 0.3) is 10.9 Å². The first-order chi connectivity index (χ1) is 15.6. The minimum atomic E-state index is 0.179. The van der Waals surface area contributed by atoms with Gasteiger partial charge in [0.15, 0.2) is 0 Å². The van der Waals surface area contributed by atoms with Crippen LogP contribution in [0, 0.1) is 29.7 Å². The minimum absolute atomic E-state index is 0.179. The number of fused-ring (bicyclic) bond motifs is 1. The molecule has 4 saturated carbocycles. The molecule has 4 fully saturated rings. The molecule has 1 aromatic carbocycles. The molecule has 4 aliphatic carbocycles. The second-order valence-electron chi connectivity index (χ2n) is 10.6. The smallest absolute Gasteiger partial charge is 0.224 e. The third-order valence-corrected chi connectivity index (χ3v) is 7.86. The molecular weight excluding hydrogens is 396 g/mol. The van der Waals surface area contributed by atoms with E-state index in [-0.39, 0.29) is 11.3 Å². The van der Waals surface area contributed by atoms with Crippen LogP contribution in [0.5, 0.6) is 0 Å². The summed E-state index contributed by atoms with van der Waals surface area (Å²) in [6.45, 7) is 6.07. The van der Waals surface area contributed by atoms with Gasteiger partial charge in [-0.1, -0.05) is 13.0 Å². The van der Waals surface area contributed by atoms with Gasteiger partial charge in [0.25, 0.3) is 0 Å². The van der Waals surface area contributed by atoms with Crippen molar-refractivity contribution in [3.8, 4) is 0 Å². The van der Waals surface area contributed by atoms with Crippen molar-refractivity contribution in [1.82, 2.24) is 10.3 Å². The number of hydrogen-bond acceptors (Lipinski definition) is 4. The number of nitrogens with zero attached hydrogens (tertiary/aromatic N) is 1. The summed E-state index contributed by atoms with van der Waals surface area (Å²) < 4.78 is 0. The maximum absolute atomic E-state index is 13.1. The SMILES string of the molecule is CC[CH]NCCCNc1ccc2c(NC(=O)CC34CC5CC(CC(C5)C3)C4)cccc2n1. The monoisotopic (exact) mass is 433 g/mol. The maximum atomic E-state index is 13.1. The topological polar surface area (TPSA) is 66.0 Å². The lowest BCUT2D eigenvalue weighted by molar-refractivity contribution is -0.124. The van der Waals surface area contributed by atoms with E-state index in [1.165, 1.54) is 38.5 Å². The number of carbonyl (C=O) groups excluding carboxylic acids is 1. The fourth-order valence-electron chi connectivity index (χ4n) is 7.06. The second kappa shape index (κ2) is 9.38. The molecule has 0 atom stereocenters. The average Bonchev–Trinajstić information content (AvgIpc) is 2.75. The molecule has 5 nitrogen and oxygen atoms in total. The van der Waals surface area contributed by atoms with Crippen LogP contribution in [0.3, 0.4) is 0 Å². The Kier molecular flexibility index (Phi) is 6.36. The Morgan fingerprint density at radius 3 is 2.53 bits per heavy atom. The van der Waals surface area contributed by atoms with Gasteiger partial charge < -0.3 is 16.0 Å². The third-order valence-electron chi connectivity index (χ3n) is 7.86. The van der Waals surface area contributed by atoms with E-state index in [1.807, 2.05) is 24.3 Å². The van der Waals surface area contributed by atoms with Gasteiger partial charge in [-0.05, 0) is 105 Å². The fraction of sp³-hybridized carbons (Fsp3) is 0.593. The molecule has 3 N–H and O–H groups in total. The summed E-state index contributed by atoms with van der Waals surface area (Å²) >= 11 is 0. The average molecular weight is 434 g/mol. The second-order valence-corrected chi connectivity index (χ2v) is 10.6. The largest absolute Gasteiger partial charge is 0.370 e. The van der Waals surface area contributed by atoms with E-state index in [9.17, 15) is 4.79 Å². The highest BCUT2D eigenvalue weighted by atomic mass is 16.1. The van der Waals surface area contributed by atoms with Gasteiger partial charge in [0.2, 0.25) is 5.91 Å². The molecule has 0 spiro atoms. The third kappa shape index (κ3) is 4.78. The Bertz CT molecular complexity index is 921. The lowest BCUT2D eigenvalue weighted by Crippen LogP contribution is -2.47. The molecule has 6 rings (SSSR count). The number of hydrogen-bond donors (Lipinski definition) is 3. The summed E-state index contributed by atoms with van der Waals surface area (Å²) in [6.07, 6.45) is 10.8. The van der Waals surface area contributed by atoms with Gasteiger partial charge in [0.05, 0.1) is 11.2 Å². The number of amides is 1. The Hall–Kier alpha value is -2.14. The molecule has 2 aromatic rings. The quantitative estimate of drug-likeness (QED) is 0.418. The van der Waals surface area contributed by atoms with E-state index in [0.717, 1.165) is 66.1 Å². The zero-order valence-corrected chi connectivity index (χ0v) is 19.3. The Morgan fingerprint density at radius 2 is 1.81 bits per heavy atom. The van der Waals surface area contributed by atoms with Crippen LogP contribution in [-0.2, 0) is 4.79 Å². The predicted octanol–water partition coefficient (Wildman–Crippen LogP) is 5.74. The Morgan fingerprint density at radius 1 is 1.06 bits per heavy atom. The van der Waals surface area contributed by atoms with Gasteiger partial charge in [-0.2, -0.15) is 0 Å². The summed E-state index contributed by atoms with van der Waals surface area (Å²) in [5.74, 6) is 3.69. The lowest BCUT2D eigenvalue weighted by atomic mass is 9.49. The highest BCUT2D eigenvalue weighted by molar-refractivity contribution is 6.01. The van der Waals surface area contributed by atoms with Gasteiger partial charge in [-0.3, -0.25) is 4.79 Å². The Balaban J connectivity index is 1.20. The zero-order valence-electron chi connectivity index (χ0n) is 19.3. The van der Waals surface area contributed by atoms with Crippen LogP contribution in [0.15, 0.2) is 30.3 Å². The molecule has 0 aliphatic heterocycles. The van der Waals surface area contributed by atoms with Crippen LogP contribution in [-0.4, -0.2) is 24.0 Å². The number of aromatic nitrogens is 1. The van der Waals surface area contributed by atoms with Crippen molar-refractivity contribution >= 4 is 28.3 Å². The van der Waals surface area contributed by atoms with Crippen molar-refractivity contribution in [2.75, 3.05) is 23.7 Å². The van der Waals surface area contributed by atoms with Gasteiger partial charge in [0.1, 0.15) is 5.82 Å². The summed E-state index contributed by atoms with van der Waals surface area (Å²) in [7, 11) is 0. The van der Waals surface area contributed by atoms with E-state index in [2.05, 4.69) is 35.5 Å². The van der Waals surface area contributed by atoms with E-state index in [4.69, 9.17) is 4.98 Å². The van der Waals surface area contributed by atoms with Crippen molar-refractivity contribution < 1.29 is 4.79 Å². The molecule has 1 aromatic heterocycles. The zero-order chi connectivity index (χ0) is 22.0. The van der Waals surface area contributed by atoms with Crippen LogP contribution < -0.4 is 16.0 Å². The molecule has 1 heterocycles. The first kappa shape index (κ1) is 21.7. The van der Waals surface area contributed by atoms with Gasteiger partial charge in [-0.15, -0.1) is 0 Å². The number of nitrogens with one attached hydrogen (secondary N) is 3. The van der Waals surface area contributed by atoms with Crippen LogP contribution in [0.1, 0.15) is 64.7 Å². The van der Waals surface area contributed by atoms with E-state index < -0.39 is 0 Å². The van der Waals surface area contributed by atoms with Crippen molar-refractivity contribution in [2.45, 2.75) is 64.7 Å². The molecule has 0 unspecified atom stereocenters. The van der Waals surface area contributed by atoms with Gasteiger partial charge in [-0.25, -0.2) is 4.98 Å². The fourth-order valence-corrected chi connectivity index (χ4v) is 7.06. The van der Waals surface area contributed by atoms with Crippen molar-refractivity contribution in [1.29, 1.82) is 0 Å². The van der Waals surface area contributed by atoms with Gasteiger partial charge >= 0.3 is 0 Å². The highest BCUT2D eigenvalue weighted by Gasteiger charge is 2.51. The summed E-state index contributed by atoms with van der Waals surface area (Å²) in [5, 5.41) is 11.0. The summed E-state index contributed by atoms with van der Waals surface area (Å²) in [5.41, 5.74) is 2.07. The van der Waals surface area contributed by atoms with Crippen molar-refractivity contribution in [3.05, 3.63) is 36.9 Å². The van der Waals surface area contributed by atoms with E-state index >= 15 is 0 Å². The highest BCUT2D eigenvalue weighted by Crippen LogP contribution is 2.61. The normalized spacial score (nSPS) is 28.2. The van der Waals surface area contributed by atoms with Crippen LogP contribution in [0.2, 0.25) is 0 Å². The summed E-state index contributed by atoms with van der Waals surface area (Å²) in [6, 6.07) is 10.1. The molecule has 5 heteroatoms. The number of pyridine rings is 1. The molecule has 171 valence electrons. The minimum Gasteiger partial charge on any atom is -0.370 e. The summed E-state index contributed by atoms with van der Waals surface area (Å²) in [4.78, 5) is 17.9. The molecule has 32 heavy (non-hydrogen) atoms. The number of anilines is 2. The molecule has 0 saturated heterocycles. The van der Waals surface area contributed by atoms with Crippen LogP contribution >= 0.6 is 0 Å². The first-order valence-electron chi connectivity index (χ1n) is 12.6. The first-order valence-corrected chi connectivity index (χ1v) is 12.6. The maximum Gasteiger partial charge on any atom is 0.224 e. The van der Waals surface area contributed by atoms with Crippen LogP contribution in [0.4, 0.5) is 11.5 Å². The number of carbonyl (C=O) groups is 1.